The zero-order valence-electron chi connectivity index (χ0n) is 18.9. The third-order valence-electron chi connectivity index (χ3n) is 7.71. The summed E-state index contributed by atoms with van der Waals surface area (Å²) in [6.45, 7) is 5.87. The van der Waals surface area contributed by atoms with Crippen molar-refractivity contribution in [3.05, 3.63) is 59.7 Å². The third kappa shape index (κ3) is 3.15. The number of benzene rings is 2. The van der Waals surface area contributed by atoms with Gasteiger partial charge in [-0.05, 0) is 43.0 Å². The molecule has 2 amide bonds. The molecule has 0 spiro atoms. The number of amides is 2. The van der Waals surface area contributed by atoms with Crippen LogP contribution >= 0.6 is 0 Å². The average Bonchev–Trinajstić information content (AvgIpc) is 3.06. The maximum absolute atomic E-state index is 12.7. The van der Waals surface area contributed by atoms with Gasteiger partial charge in [-0.1, -0.05) is 48.5 Å². The largest absolute Gasteiger partial charge is 0.514 e. The monoisotopic (exact) mass is 440 g/mol. The van der Waals surface area contributed by atoms with E-state index in [0.29, 0.717) is 6.54 Å². The zero-order chi connectivity index (χ0) is 23.3. The molecule has 2 aromatic carbocycles. The van der Waals surface area contributed by atoms with Crippen LogP contribution in [-0.4, -0.2) is 80.8 Å². The number of carbonyl (C=O) groups is 2. The van der Waals surface area contributed by atoms with Gasteiger partial charge in [0.1, 0.15) is 38.3 Å². The predicted octanol–water partition coefficient (Wildman–Crippen LogP) is 3.96. The SMILES string of the molecule is CC(C)(C)[N+]1(C(=O)O)CC[N+](CC2c3ccccc3-c3ccccc32)(C(=O)O)CC1CO. The minimum Gasteiger partial charge on any atom is -0.435 e. The Kier molecular flexibility index (Phi) is 5.40. The lowest BCUT2D eigenvalue weighted by Gasteiger charge is -2.53. The van der Waals surface area contributed by atoms with Gasteiger partial charge in [0.25, 0.3) is 0 Å². The van der Waals surface area contributed by atoms with E-state index in [1.54, 1.807) is 0 Å². The van der Waals surface area contributed by atoms with Crippen molar-refractivity contribution in [3.8, 4) is 11.1 Å². The Hall–Kier alpha value is -2.74. The lowest BCUT2D eigenvalue weighted by molar-refractivity contribution is -1.01. The topological polar surface area (TPSA) is 94.8 Å². The first kappa shape index (κ1) is 22.5. The van der Waals surface area contributed by atoms with Crippen molar-refractivity contribution in [3.63, 3.8) is 0 Å². The van der Waals surface area contributed by atoms with Crippen LogP contribution in [0.1, 0.15) is 37.8 Å². The molecule has 3 unspecified atom stereocenters. The number of hydrogen-bond donors (Lipinski definition) is 3. The summed E-state index contributed by atoms with van der Waals surface area (Å²) in [5.74, 6) is -0.0997. The van der Waals surface area contributed by atoms with E-state index in [-0.39, 0.29) is 41.1 Å². The highest BCUT2D eigenvalue weighted by atomic mass is 16.4. The molecule has 0 saturated carbocycles. The fourth-order valence-electron chi connectivity index (χ4n) is 6.01. The fraction of sp³-hybridized carbons (Fsp3) is 0.440. The number of aliphatic hydroxyl groups is 1. The molecule has 1 aliphatic heterocycles. The molecule has 1 aliphatic carbocycles. The van der Waals surface area contributed by atoms with Crippen LogP contribution in [0.5, 0.6) is 0 Å². The van der Waals surface area contributed by atoms with E-state index in [4.69, 9.17) is 0 Å². The molecular formula is C25H32N2O5+2. The number of nitrogens with zero attached hydrogens (tertiary/aromatic N) is 2. The molecule has 7 heteroatoms. The summed E-state index contributed by atoms with van der Waals surface area (Å²) in [6.07, 6.45) is -1.99. The van der Waals surface area contributed by atoms with E-state index in [0.717, 1.165) is 22.3 Å². The van der Waals surface area contributed by atoms with E-state index >= 15 is 0 Å². The van der Waals surface area contributed by atoms with Crippen LogP contribution in [0.4, 0.5) is 9.59 Å². The number of piperazine rings is 1. The smallest absolute Gasteiger partial charge is 0.435 e. The summed E-state index contributed by atoms with van der Waals surface area (Å²) in [5.41, 5.74) is 3.78. The number of hydrogen-bond acceptors (Lipinski definition) is 3. The Morgan fingerprint density at radius 1 is 0.906 bits per heavy atom. The van der Waals surface area contributed by atoms with Crippen molar-refractivity contribution in [2.45, 2.75) is 38.3 Å². The molecule has 32 heavy (non-hydrogen) atoms. The standard InChI is InChI=1S/C25H30N2O5/c1-25(2,3)27(24(31)32)13-12-26(23(29)30,14-17(27)16-28)15-22-20-10-6-4-8-18(20)19-9-5-7-11-21(19)22/h4-11,17,22,28H,12-16H2,1-3H3/p+2. The van der Waals surface area contributed by atoms with E-state index in [9.17, 15) is 24.9 Å². The first-order chi connectivity index (χ1) is 15.1. The maximum atomic E-state index is 12.7. The quantitative estimate of drug-likeness (QED) is 0.628. The predicted molar refractivity (Wildman–Crippen MR) is 120 cm³/mol. The summed E-state index contributed by atoms with van der Waals surface area (Å²) in [5, 5.41) is 30.8. The van der Waals surface area contributed by atoms with Gasteiger partial charge in [0.05, 0.1) is 5.92 Å². The fourth-order valence-corrected chi connectivity index (χ4v) is 6.01. The molecular weight excluding hydrogens is 408 g/mol. The number of fused-ring (bicyclic) bond motifs is 3. The van der Waals surface area contributed by atoms with Gasteiger partial charge in [0.15, 0.2) is 6.04 Å². The van der Waals surface area contributed by atoms with Crippen molar-refractivity contribution in [1.82, 2.24) is 0 Å². The number of aliphatic hydroxyl groups excluding tert-OH is 1. The van der Waals surface area contributed by atoms with Gasteiger partial charge in [-0.3, -0.25) is 0 Å². The highest BCUT2D eigenvalue weighted by molar-refractivity contribution is 5.78. The Bertz CT molecular complexity index is 1020. The summed E-state index contributed by atoms with van der Waals surface area (Å²) >= 11 is 0. The highest BCUT2D eigenvalue weighted by Crippen LogP contribution is 2.46. The molecule has 4 rings (SSSR count). The normalized spacial score (nSPS) is 27.6. The van der Waals surface area contributed by atoms with Crippen LogP contribution in [-0.2, 0) is 0 Å². The Morgan fingerprint density at radius 3 is 1.88 bits per heavy atom. The zero-order valence-corrected chi connectivity index (χ0v) is 18.9. The van der Waals surface area contributed by atoms with Crippen LogP contribution in [0.15, 0.2) is 48.5 Å². The van der Waals surface area contributed by atoms with Crippen LogP contribution in [0, 0.1) is 0 Å². The third-order valence-corrected chi connectivity index (χ3v) is 7.71. The lowest BCUT2D eigenvalue weighted by Crippen LogP contribution is -2.79. The molecule has 1 saturated heterocycles. The minimum absolute atomic E-state index is 0.0657. The van der Waals surface area contributed by atoms with Gasteiger partial charge in [-0.2, -0.15) is 9.59 Å². The molecule has 0 radical (unpaired) electrons. The van der Waals surface area contributed by atoms with Crippen molar-refractivity contribution in [1.29, 1.82) is 0 Å². The molecule has 2 aromatic rings. The van der Waals surface area contributed by atoms with Gasteiger partial charge in [-0.15, -0.1) is 0 Å². The highest BCUT2D eigenvalue weighted by Gasteiger charge is 2.62. The summed E-state index contributed by atoms with van der Waals surface area (Å²) in [7, 11) is 0. The van der Waals surface area contributed by atoms with Crippen molar-refractivity contribution < 1.29 is 33.9 Å². The van der Waals surface area contributed by atoms with E-state index in [2.05, 4.69) is 24.3 Å². The molecule has 3 atom stereocenters. The van der Waals surface area contributed by atoms with Gasteiger partial charge in [0.2, 0.25) is 0 Å². The second-order valence-corrected chi connectivity index (χ2v) is 10.1. The number of carboxylic acid groups (broad SMARTS) is 2. The Balaban J connectivity index is 1.76. The van der Waals surface area contributed by atoms with Crippen molar-refractivity contribution in [2.75, 3.05) is 32.8 Å². The summed E-state index contributed by atoms with van der Waals surface area (Å²) < 4.78 is -0.601. The Labute approximate surface area is 188 Å². The summed E-state index contributed by atoms with van der Waals surface area (Å²) in [6, 6.07) is 15.5. The number of quaternary nitrogens is 2. The molecule has 7 nitrogen and oxygen atoms in total. The second-order valence-electron chi connectivity index (χ2n) is 10.1. The van der Waals surface area contributed by atoms with Gasteiger partial charge in [-0.25, -0.2) is 8.97 Å². The van der Waals surface area contributed by atoms with Crippen molar-refractivity contribution in [2.24, 2.45) is 0 Å². The molecule has 1 fully saturated rings. The first-order valence-electron chi connectivity index (χ1n) is 11.1. The molecule has 3 N–H and O–H groups in total. The van der Waals surface area contributed by atoms with Gasteiger partial charge >= 0.3 is 12.2 Å². The molecule has 1 heterocycles. The average molecular weight is 441 g/mol. The van der Waals surface area contributed by atoms with Crippen LogP contribution < -0.4 is 0 Å². The minimum atomic E-state index is -1.02. The molecule has 0 aromatic heterocycles. The molecule has 170 valence electrons. The molecule has 0 bridgehead atoms. The van der Waals surface area contributed by atoms with Crippen molar-refractivity contribution >= 4 is 12.2 Å². The van der Waals surface area contributed by atoms with Gasteiger partial charge in [0, 0.05) is 0 Å². The Morgan fingerprint density at radius 2 is 1.44 bits per heavy atom. The first-order valence-corrected chi connectivity index (χ1v) is 11.1. The summed E-state index contributed by atoms with van der Waals surface area (Å²) in [4.78, 5) is 25.2. The number of rotatable bonds is 3. The lowest BCUT2D eigenvalue weighted by atomic mass is 9.91. The van der Waals surface area contributed by atoms with Crippen LogP contribution in [0.25, 0.3) is 11.1 Å². The van der Waals surface area contributed by atoms with Crippen LogP contribution in [0.2, 0.25) is 0 Å². The van der Waals surface area contributed by atoms with E-state index in [1.165, 1.54) is 0 Å². The molecule has 2 aliphatic rings. The second kappa shape index (κ2) is 7.69. The van der Waals surface area contributed by atoms with E-state index < -0.39 is 23.8 Å². The van der Waals surface area contributed by atoms with Crippen LogP contribution in [0.3, 0.4) is 0 Å². The van der Waals surface area contributed by atoms with E-state index in [1.807, 2.05) is 45.0 Å². The maximum Gasteiger partial charge on any atom is 0.514 e. The van der Waals surface area contributed by atoms with Gasteiger partial charge < -0.3 is 15.3 Å².